The van der Waals surface area contributed by atoms with Crippen molar-refractivity contribution in [3.05, 3.63) is 76.4 Å². The maximum Gasteiger partial charge on any atom is 0.189 e. The molecule has 0 saturated heterocycles. The minimum absolute atomic E-state index is 0.0377. The lowest BCUT2D eigenvalue weighted by molar-refractivity contribution is 0.104. The number of hydrogen-bond acceptors (Lipinski definition) is 3. The molecule has 2 aromatic carbocycles. The predicted molar refractivity (Wildman–Crippen MR) is 90.9 cm³/mol. The summed E-state index contributed by atoms with van der Waals surface area (Å²) in [5.41, 5.74) is 1.83. The van der Waals surface area contributed by atoms with Crippen LogP contribution in [0.15, 0.2) is 65.1 Å². The van der Waals surface area contributed by atoms with Gasteiger partial charge in [-0.15, -0.1) is 0 Å². The Morgan fingerprint density at radius 3 is 2.77 bits per heavy atom. The monoisotopic (exact) mass is 353 g/mol. The molecule has 22 heavy (non-hydrogen) atoms. The number of hydrogen-bond donors (Lipinski definition) is 1. The molecule has 0 spiro atoms. The van der Waals surface area contributed by atoms with Crippen LogP contribution in [0.4, 0.5) is 0 Å². The van der Waals surface area contributed by atoms with Gasteiger partial charge in [-0.3, -0.25) is 4.79 Å². The first kappa shape index (κ1) is 14.5. The van der Waals surface area contributed by atoms with E-state index in [1.54, 1.807) is 18.2 Å². The van der Waals surface area contributed by atoms with Crippen LogP contribution in [0.25, 0.3) is 17.0 Å². The van der Waals surface area contributed by atoms with E-state index in [-0.39, 0.29) is 17.1 Å². The van der Waals surface area contributed by atoms with Crippen molar-refractivity contribution in [2.24, 2.45) is 0 Å². The molecule has 4 heteroatoms. The summed E-state index contributed by atoms with van der Waals surface area (Å²) >= 11 is 3.29. The normalized spacial score (nSPS) is 11.1. The highest BCUT2D eigenvalue weighted by Gasteiger charge is 2.08. The molecule has 3 nitrogen and oxygen atoms in total. The molecule has 0 aliphatic rings. The average Bonchev–Trinajstić information content (AvgIpc) is 2.54. The highest BCUT2D eigenvalue weighted by Crippen LogP contribution is 2.23. The van der Waals surface area contributed by atoms with Gasteiger partial charge >= 0.3 is 0 Å². The zero-order chi connectivity index (χ0) is 15.5. The second kappa shape index (κ2) is 6.12. The van der Waals surface area contributed by atoms with Gasteiger partial charge in [0.2, 0.25) is 0 Å². The van der Waals surface area contributed by atoms with E-state index in [1.165, 1.54) is 12.1 Å². The summed E-state index contributed by atoms with van der Waals surface area (Å²) in [7, 11) is 0. The van der Waals surface area contributed by atoms with Crippen molar-refractivity contribution < 1.29 is 9.90 Å². The van der Waals surface area contributed by atoms with Gasteiger partial charge in [0.15, 0.2) is 5.78 Å². The van der Waals surface area contributed by atoms with Crippen LogP contribution in [0.3, 0.4) is 0 Å². The fraction of sp³-hybridized carbons (Fsp3) is 0. The minimum atomic E-state index is -0.270. The number of benzene rings is 2. The lowest BCUT2D eigenvalue weighted by atomic mass is 10.1. The standard InChI is InChI=1S/C18H12BrNO2/c19-13-6-9-17(21)15(11-13)18(22)10-8-14-7-5-12-3-1-2-4-16(12)20-14/h1-11,21H. The summed E-state index contributed by atoms with van der Waals surface area (Å²) in [5.74, 6) is -0.307. The van der Waals surface area contributed by atoms with E-state index >= 15 is 0 Å². The van der Waals surface area contributed by atoms with E-state index in [0.29, 0.717) is 5.69 Å². The number of phenolic OH excluding ortho intramolecular Hbond substituents is 1. The van der Waals surface area contributed by atoms with Crippen LogP contribution in [-0.2, 0) is 0 Å². The van der Waals surface area contributed by atoms with Gasteiger partial charge in [0.25, 0.3) is 0 Å². The van der Waals surface area contributed by atoms with Crippen molar-refractivity contribution in [2.75, 3.05) is 0 Å². The van der Waals surface area contributed by atoms with E-state index in [2.05, 4.69) is 20.9 Å². The maximum absolute atomic E-state index is 12.2. The molecule has 0 atom stereocenters. The number of rotatable bonds is 3. The van der Waals surface area contributed by atoms with Gasteiger partial charge in [0, 0.05) is 9.86 Å². The number of nitrogens with zero attached hydrogens (tertiary/aromatic N) is 1. The van der Waals surface area contributed by atoms with Crippen molar-refractivity contribution in [2.45, 2.75) is 0 Å². The van der Waals surface area contributed by atoms with Gasteiger partial charge in [-0.25, -0.2) is 4.98 Å². The van der Waals surface area contributed by atoms with E-state index in [1.807, 2.05) is 36.4 Å². The van der Waals surface area contributed by atoms with Crippen molar-refractivity contribution >= 4 is 38.7 Å². The number of ketones is 1. The third-order valence-corrected chi connectivity index (χ3v) is 3.74. The molecule has 0 unspecified atom stereocenters. The number of aromatic hydroxyl groups is 1. The fourth-order valence-corrected chi connectivity index (χ4v) is 2.49. The quantitative estimate of drug-likeness (QED) is 0.553. The van der Waals surface area contributed by atoms with Crippen molar-refractivity contribution in [1.82, 2.24) is 4.98 Å². The molecular weight excluding hydrogens is 342 g/mol. The Kier molecular flexibility index (Phi) is 4.02. The van der Waals surface area contributed by atoms with Gasteiger partial charge in [-0.2, -0.15) is 0 Å². The Morgan fingerprint density at radius 1 is 1.09 bits per heavy atom. The second-order valence-electron chi connectivity index (χ2n) is 4.79. The van der Waals surface area contributed by atoms with Crippen molar-refractivity contribution in [3.63, 3.8) is 0 Å². The maximum atomic E-state index is 12.2. The third-order valence-electron chi connectivity index (χ3n) is 3.25. The molecule has 0 saturated carbocycles. The number of pyridine rings is 1. The topological polar surface area (TPSA) is 50.2 Å². The summed E-state index contributed by atoms with van der Waals surface area (Å²) in [6.45, 7) is 0. The van der Waals surface area contributed by atoms with Gasteiger partial charge in [-0.05, 0) is 42.5 Å². The zero-order valence-corrected chi connectivity index (χ0v) is 13.1. The molecule has 0 amide bonds. The first-order valence-electron chi connectivity index (χ1n) is 6.70. The van der Waals surface area contributed by atoms with Crippen LogP contribution in [0.5, 0.6) is 5.75 Å². The average molecular weight is 354 g/mol. The molecule has 0 radical (unpaired) electrons. The molecule has 0 bridgehead atoms. The Balaban J connectivity index is 1.88. The van der Waals surface area contributed by atoms with Crippen LogP contribution >= 0.6 is 15.9 Å². The molecule has 3 rings (SSSR count). The first-order chi connectivity index (χ1) is 10.6. The fourth-order valence-electron chi connectivity index (χ4n) is 2.13. The number of aromatic nitrogens is 1. The van der Waals surface area contributed by atoms with Crippen LogP contribution in [0.1, 0.15) is 16.1 Å². The molecule has 108 valence electrons. The molecule has 0 aliphatic heterocycles. The number of para-hydroxylation sites is 1. The van der Waals surface area contributed by atoms with Crippen LogP contribution < -0.4 is 0 Å². The molecule has 3 aromatic rings. The molecule has 1 heterocycles. The minimum Gasteiger partial charge on any atom is -0.507 e. The predicted octanol–water partition coefficient (Wildman–Crippen LogP) is 4.60. The number of halogens is 1. The lowest BCUT2D eigenvalue weighted by Gasteiger charge is -2.01. The highest BCUT2D eigenvalue weighted by molar-refractivity contribution is 9.10. The molecule has 0 fully saturated rings. The van der Waals surface area contributed by atoms with E-state index in [9.17, 15) is 9.90 Å². The molecule has 0 aliphatic carbocycles. The lowest BCUT2D eigenvalue weighted by Crippen LogP contribution is -1.95. The van der Waals surface area contributed by atoms with Crippen molar-refractivity contribution in [3.8, 4) is 5.75 Å². The number of allylic oxidation sites excluding steroid dienone is 1. The van der Waals surface area contributed by atoms with Crippen LogP contribution in [0, 0.1) is 0 Å². The second-order valence-corrected chi connectivity index (χ2v) is 5.70. The zero-order valence-electron chi connectivity index (χ0n) is 11.5. The van der Waals surface area contributed by atoms with Gasteiger partial charge < -0.3 is 5.11 Å². The smallest absolute Gasteiger partial charge is 0.189 e. The summed E-state index contributed by atoms with van der Waals surface area (Å²) < 4.78 is 0.742. The van der Waals surface area contributed by atoms with E-state index < -0.39 is 0 Å². The highest BCUT2D eigenvalue weighted by atomic mass is 79.9. The number of phenols is 1. The first-order valence-corrected chi connectivity index (χ1v) is 7.49. The van der Waals surface area contributed by atoms with Crippen molar-refractivity contribution in [1.29, 1.82) is 0 Å². The third kappa shape index (κ3) is 3.07. The Bertz CT molecular complexity index is 887. The SMILES string of the molecule is O=C(C=Cc1ccc2ccccc2n1)c1cc(Br)ccc1O. The molecular formula is C18H12BrNO2. The summed E-state index contributed by atoms with van der Waals surface area (Å²) in [5, 5.41) is 10.8. The molecule has 1 N–H and O–H groups in total. The van der Waals surface area contributed by atoms with Gasteiger partial charge in [0.1, 0.15) is 5.75 Å². The largest absolute Gasteiger partial charge is 0.507 e. The van der Waals surface area contributed by atoms with Crippen LogP contribution in [0.2, 0.25) is 0 Å². The van der Waals surface area contributed by atoms with E-state index in [4.69, 9.17) is 0 Å². The van der Waals surface area contributed by atoms with Crippen LogP contribution in [-0.4, -0.2) is 15.9 Å². The summed E-state index contributed by atoms with van der Waals surface area (Å²) in [6.07, 6.45) is 3.06. The number of carbonyl (C=O) groups excluding carboxylic acids is 1. The van der Waals surface area contributed by atoms with Gasteiger partial charge in [-0.1, -0.05) is 40.2 Å². The Hall–Kier alpha value is -2.46. The number of fused-ring (bicyclic) bond motifs is 1. The summed E-state index contributed by atoms with van der Waals surface area (Å²) in [6, 6.07) is 16.4. The van der Waals surface area contributed by atoms with E-state index in [0.717, 1.165) is 15.4 Å². The molecule has 1 aromatic heterocycles. The van der Waals surface area contributed by atoms with Gasteiger partial charge in [0.05, 0.1) is 16.8 Å². The Labute approximate surface area is 136 Å². The Morgan fingerprint density at radius 2 is 1.91 bits per heavy atom. The summed E-state index contributed by atoms with van der Waals surface area (Å²) in [4.78, 5) is 16.6. The number of carbonyl (C=O) groups is 1.